The van der Waals surface area contributed by atoms with Crippen LogP contribution in [0.5, 0.6) is 0 Å². The van der Waals surface area contributed by atoms with Gasteiger partial charge in [-0.1, -0.05) is 63.1 Å². The molecule has 1 N–H and O–H groups in total. The van der Waals surface area contributed by atoms with Crippen LogP contribution in [0.4, 0.5) is 9.18 Å². The molecule has 2 fully saturated rings. The summed E-state index contributed by atoms with van der Waals surface area (Å²) in [5.41, 5.74) is 0. The molecule has 13 heteroatoms. The first-order chi connectivity index (χ1) is 18.6. The van der Waals surface area contributed by atoms with E-state index in [0.717, 1.165) is 17.7 Å². The maximum Gasteiger partial charge on any atom is 0.530 e. The highest BCUT2D eigenvalue weighted by Gasteiger charge is 2.51. The molecule has 1 saturated heterocycles. The highest BCUT2D eigenvalue weighted by Crippen LogP contribution is 2.56. The van der Waals surface area contributed by atoms with Gasteiger partial charge in [0.15, 0.2) is 0 Å². The molecule has 0 bridgehead atoms. The quantitative estimate of drug-likeness (QED) is 0.0695. The van der Waals surface area contributed by atoms with Gasteiger partial charge in [0.25, 0.3) is 0 Å². The van der Waals surface area contributed by atoms with Crippen molar-refractivity contribution in [1.29, 1.82) is 0 Å². The fourth-order valence-electron chi connectivity index (χ4n) is 4.15. The molecule has 1 heterocycles. The van der Waals surface area contributed by atoms with Gasteiger partial charge in [0.1, 0.15) is 18.6 Å². The zero-order valence-corrected chi connectivity index (χ0v) is 25.6. The number of hydrogen-bond donors (Lipinski definition) is 2. The van der Waals surface area contributed by atoms with Gasteiger partial charge in [0.05, 0.1) is 11.1 Å². The van der Waals surface area contributed by atoms with E-state index < -0.39 is 38.5 Å². The van der Waals surface area contributed by atoms with Crippen LogP contribution in [0.15, 0.2) is 47.9 Å². The van der Waals surface area contributed by atoms with E-state index in [9.17, 15) is 14.2 Å². The normalized spacial score (nSPS) is 25.5. The van der Waals surface area contributed by atoms with E-state index >= 15 is 4.39 Å². The predicted octanol–water partition coefficient (Wildman–Crippen LogP) is 7.38. The molecule has 9 nitrogen and oxygen atoms in total. The maximum atomic E-state index is 16.0. The van der Waals surface area contributed by atoms with Crippen LogP contribution in [-0.2, 0) is 27.7 Å². The number of imide groups is 1. The summed E-state index contributed by atoms with van der Waals surface area (Å²) in [6, 6.07) is -0.786. The number of nitrogens with one attached hydrogen (secondary N) is 1. The number of allylic oxidation sites excluding steroid dienone is 5. The lowest BCUT2D eigenvalue weighted by molar-refractivity contribution is -0.179. The molecular weight excluding hydrogens is 570 g/mol. The van der Waals surface area contributed by atoms with Crippen LogP contribution in [-0.4, -0.2) is 47.9 Å². The van der Waals surface area contributed by atoms with Gasteiger partial charge in [0.2, 0.25) is 12.3 Å². The number of nitrogens with zero attached hydrogens (tertiary/aromatic N) is 1. The second kappa shape index (κ2) is 17.9. The van der Waals surface area contributed by atoms with Crippen molar-refractivity contribution >= 4 is 44.5 Å². The van der Waals surface area contributed by atoms with Gasteiger partial charge in [0, 0.05) is 18.5 Å². The summed E-state index contributed by atoms with van der Waals surface area (Å²) >= 11 is 10.4. The first kappa shape index (κ1) is 35.4. The topological polar surface area (TPSA) is 103 Å². The molecule has 1 aliphatic heterocycles. The largest absolute Gasteiger partial charge is 0.530 e. The van der Waals surface area contributed by atoms with Gasteiger partial charge in [-0.2, -0.15) is 12.6 Å². The summed E-state index contributed by atoms with van der Waals surface area (Å²) in [7, 11) is -4.37. The second-order valence-electron chi connectivity index (χ2n) is 8.55. The Morgan fingerprint density at radius 3 is 2.54 bits per heavy atom. The third kappa shape index (κ3) is 11.1. The maximum absolute atomic E-state index is 16.0. The van der Waals surface area contributed by atoms with Crippen LogP contribution in [0.3, 0.4) is 0 Å². The van der Waals surface area contributed by atoms with E-state index in [2.05, 4.69) is 19.2 Å². The van der Waals surface area contributed by atoms with Crippen molar-refractivity contribution in [2.75, 3.05) is 12.4 Å². The van der Waals surface area contributed by atoms with Crippen LogP contribution < -0.4 is 5.32 Å². The number of ether oxygens (including phenoxy) is 1. The number of phosphoric acid groups is 1. The van der Waals surface area contributed by atoms with E-state index in [1.807, 2.05) is 19.2 Å². The van der Waals surface area contributed by atoms with E-state index in [4.69, 9.17) is 29.9 Å². The van der Waals surface area contributed by atoms with Crippen molar-refractivity contribution in [3.05, 3.63) is 47.9 Å². The number of hydrogen-bond acceptors (Lipinski definition) is 8. The molecule has 0 spiro atoms. The Hall–Kier alpha value is -1.62. The summed E-state index contributed by atoms with van der Waals surface area (Å²) in [5.74, 6) is -2.55. The number of thiol groups is 1. The number of amides is 3. The molecule has 0 aromatic rings. The first-order valence-electron chi connectivity index (χ1n) is 13.0. The highest BCUT2D eigenvalue weighted by molar-refractivity contribution is 7.80. The fraction of sp³-hybridized carbons (Fsp3) is 0.615. The van der Waals surface area contributed by atoms with Gasteiger partial charge < -0.3 is 9.26 Å². The average molecular weight is 611 g/mol. The van der Waals surface area contributed by atoms with Crippen molar-refractivity contribution < 1.29 is 36.9 Å². The summed E-state index contributed by atoms with van der Waals surface area (Å²) in [5, 5.41) is 2.17. The van der Waals surface area contributed by atoms with Crippen LogP contribution in [0.1, 0.15) is 66.2 Å². The number of alkyl halides is 1. The third-order valence-corrected chi connectivity index (χ3v) is 7.87. The number of urea groups is 1. The number of carbonyl (C=O) groups excluding carboxylic acids is 2. The van der Waals surface area contributed by atoms with Crippen LogP contribution in [0.2, 0.25) is 0 Å². The smallest absolute Gasteiger partial charge is 0.402 e. The summed E-state index contributed by atoms with van der Waals surface area (Å²) in [6.07, 6.45) is 9.33. The second-order valence-corrected chi connectivity index (χ2v) is 11.0. The van der Waals surface area contributed by atoms with Gasteiger partial charge in [-0.15, -0.1) is 0 Å². The minimum atomic E-state index is -4.37. The summed E-state index contributed by atoms with van der Waals surface area (Å²) < 4.78 is 52.2. The molecule has 3 amide bonds. The summed E-state index contributed by atoms with van der Waals surface area (Å²) in [6.45, 7) is 10.1. The summed E-state index contributed by atoms with van der Waals surface area (Å²) in [4.78, 5) is 24.3. The Morgan fingerprint density at radius 1 is 1.33 bits per heavy atom. The first-order valence-corrected chi connectivity index (χ1v) is 15.5. The molecule has 3 unspecified atom stereocenters. The third-order valence-electron chi connectivity index (χ3n) is 5.79. The van der Waals surface area contributed by atoms with Crippen molar-refractivity contribution in [2.45, 2.75) is 84.4 Å². The Labute approximate surface area is 241 Å². The molecular formula is C26H41ClFN2O7PS. The van der Waals surface area contributed by atoms with Crippen LogP contribution in [0.25, 0.3) is 0 Å². The lowest BCUT2D eigenvalue weighted by Crippen LogP contribution is -2.45. The number of carbonyl (C=O) groups is 2. The fourth-order valence-corrected chi connectivity index (χ4v) is 6.12. The van der Waals surface area contributed by atoms with E-state index in [1.54, 1.807) is 19.9 Å². The minimum absolute atomic E-state index is 0.00337. The van der Waals surface area contributed by atoms with Crippen molar-refractivity contribution in [1.82, 2.24) is 10.2 Å². The number of halogens is 2. The zero-order chi connectivity index (χ0) is 29.5. The zero-order valence-electron chi connectivity index (χ0n) is 23.0. The molecule has 1 aliphatic carbocycles. The molecule has 0 aromatic heterocycles. The molecule has 2 rings (SSSR count). The molecule has 0 aromatic carbocycles. The van der Waals surface area contributed by atoms with Crippen molar-refractivity contribution in [2.24, 2.45) is 5.92 Å². The lowest BCUT2D eigenvalue weighted by Gasteiger charge is -2.29. The van der Waals surface area contributed by atoms with Gasteiger partial charge >= 0.3 is 13.9 Å². The molecule has 1 saturated carbocycles. The van der Waals surface area contributed by atoms with Gasteiger partial charge in [-0.3, -0.25) is 24.1 Å². The lowest BCUT2D eigenvalue weighted by atomic mass is 9.99. The van der Waals surface area contributed by atoms with Crippen molar-refractivity contribution in [3.63, 3.8) is 0 Å². The Bertz CT molecular complexity index is 945. The SMILES string of the molecule is C=C/C=C(OP(=O)(OC[C@]1(F)CC(CCS)C(N(/C=C\C)C(=O)NC=O)O1)OC1CCCC1)\C(Cl)=C/C.CC. The van der Waals surface area contributed by atoms with E-state index in [0.29, 0.717) is 25.0 Å². The van der Waals surface area contributed by atoms with Gasteiger partial charge in [-0.05, 0) is 44.9 Å². The molecule has 2 aliphatic rings. The predicted molar refractivity (Wildman–Crippen MR) is 154 cm³/mol. The number of rotatable bonds is 14. The Morgan fingerprint density at radius 2 is 2.00 bits per heavy atom. The highest BCUT2D eigenvalue weighted by atomic mass is 35.5. The molecule has 39 heavy (non-hydrogen) atoms. The Balaban J connectivity index is 0.00000371. The monoisotopic (exact) mass is 610 g/mol. The van der Waals surface area contributed by atoms with Crippen LogP contribution >= 0.6 is 32.1 Å². The minimum Gasteiger partial charge on any atom is -0.402 e. The van der Waals surface area contributed by atoms with Crippen LogP contribution in [0, 0.1) is 5.92 Å². The van der Waals surface area contributed by atoms with Crippen molar-refractivity contribution in [3.8, 4) is 0 Å². The van der Waals surface area contributed by atoms with E-state index in [-0.39, 0.29) is 29.7 Å². The number of phosphoric ester groups is 1. The van der Waals surface area contributed by atoms with Gasteiger partial charge in [-0.25, -0.2) is 13.8 Å². The Kier molecular flexibility index (Phi) is 16.3. The molecule has 0 radical (unpaired) electrons. The average Bonchev–Trinajstić information content (AvgIpc) is 3.54. The molecule has 222 valence electrons. The van der Waals surface area contributed by atoms with E-state index in [1.165, 1.54) is 24.4 Å². The standard InChI is InChI=1S/C24H35ClFN2O7PS.C2H6/c1-4-9-21(20(25)6-3)35-36(31,34-19-10-7-8-11-19)32-16-24(26)15-18(12-14-37)22(33-24)28(13-5-2)23(30)27-17-29;1-2/h4-6,9,13,17-19,22,37H,1,7-8,10-12,14-16H2,2-3H3,(H,27,29,30);1-2H3/b13-5-,20-6+,21-9+;/t18?,22?,24-,36?;/m0./s1. The molecule has 4 atom stereocenters.